The summed E-state index contributed by atoms with van der Waals surface area (Å²) in [5.41, 5.74) is 1.65. The Bertz CT molecular complexity index is 538. The van der Waals surface area contributed by atoms with Crippen LogP contribution in [0.25, 0.3) is 0 Å². The zero-order valence-electron chi connectivity index (χ0n) is 9.04. The Labute approximate surface area is 98.7 Å². The lowest BCUT2D eigenvalue weighted by atomic mass is 10.2. The van der Waals surface area contributed by atoms with Gasteiger partial charge in [0.05, 0.1) is 18.0 Å². The van der Waals surface area contributed by atoms with Crippen LogP contribution in [0.5, 0.6) is 0 Å². The van der Waals surface area contributed by atoms with Gasteiger partial charge in [0.25, 0.3) is 0 Å². The van der Waals surface area contributed by atoms with Gasteiger partial charge in [-0.05, 0) is 11.6 Å². The Hall–Kier alpha value is -2.54. The van der Waals surface area contributed by atoms with Crippen molar-refractivity contribution in [3.05, 3.63) is 59.5 Å². The molecule has 0 bridgehead atoms. The number of benzene rings is 1. The minimum absolute atomic E-state index is 0.233. The molecule has 1 aromatic heterocycles. The highest BCUT2D eigenvalue weighted by Crippen LogP contribution is 2.06. The van der Waals surface area contributed by atoms with Gasteiger partial charge < -0.3 is 9.25 Å². The molecule has 0 aliphatic carbocycles. The largest absolute Gasteiger partial charge is 0.453 e. The molecule has 84 valence electrons. The summed E-state index contributed by atoms with van der Waals surface area (Å²) in [6.45, 7) is 0.400. The molecule has 0 N–H and O–H groups in total. The summed E-state index contributed by atoms with van der Waals surface area (Å²) < 4.78 is 4.92. The van der Waals surface area contributed by atoms with Gasteiger partial charge in [0.1, 0.15) is 12.7 Å². The maximum atomic E-state index is 8.70. The molecule has 0 atom stereocenters. The van der Waals surface area contributed by atoms with Crippen LogP contribution in [-0.4, -0.2) is 6.21 Å². The molecule has 0 saturated heterocycles. The van der Waals surface area contributed by atoms with Crippen LogP contribution in [0.3, 0.4) is 0 Å². The lowest BCUT2D eigenvalue weighted by molar-refractivity contribution is 0.132. The van der Waals surface area contributed by atoms with Crippen molar-refractivity contribution in [3.8, 4) is 6.07 Å². The molecular weight excluding hydrogens is 216 g/mol. The second-order valence-corrected chi connectivity index (χ2v) is 3.31. The fraction of sp³-hybridized carbons (Fsp3) is 0.0769. The van der Waals surface area contributed by atoms with Crippen molar-refractivity contribution in [3.63, 3.8) is 0 Å². The lowest BCUT2D eigenvalue weighted by Gasteiger charge is -1.97. The van der Waals surface area contributed by atoms with Crippen molar-refractivity contribution in [1.82, 2.24) is 0 Å². The third-order valence-electron chi connectivity index (χ3n) is 2.14. The van der Waals surface area contributed by atoms with Crippen molar-refractivity contribution in [2.24, 2.45) is 5.16 Å². The van der Waals surface area contributed by atoms with Crippen LogP contribution in [0.15, 0.2) is 52.2 Å². The van der Waals surface area contributed by atoms with E-state index in [0.717, 1.165) is 5.56 Å². The highest BCUT2D eigenvalue weighted by molar-refractivity contribution is 5.81. The van der Waals surface area contributed by atoms with Crippen molar-refractivity contribution >= 4 is 6.21 Å². The molecule has 2 aromatic rings. The van der Waals surface area contributed by atoms with E-state index in [1.807, 2.05) is 36.4 Å². The third kappa shape index (κ3) is 2.95. The number of furan rings is 1. The fourth-order valence-corrected chi connectivity index (χ4v) is 1.29. The minimum atomic E-state index is 0.233. The molecule has 0 aliphatic heterocycles. The van der Waals surface area contributed by atoms with E-state index < -0.39 is 0 Å². The van der Waals surface area contributed by atoms with Crippen LogP contribution in [0.1, 0.15) is 16.9 Å². The standard InChI is InChI=1S/C13H10N2O2/c14-8-13-12(6-7-16-13)9-15-17-10-11-4-2-1-3-5-11/h1-7,9H,10H2. The van der Waals surface area contributed by atoms with E-state index in [9.17, 15) is 0 Å². The van der Waals surface area contributed by atoms with Crippen LogP contribution in [0.2, 0.25) is 0 Å². The maximum Gasteiger partial charge on any atom is 0.212 e. The van der Waals surface area contributed by atoms with Gasteiger partial charge >= 0.3 is 0 Å². The van der Waals surface area contributed by atoms with Gasteiger partial charge in [0.15, 0.2) is 0 Å². The second kappa shape index (κ2) is 5.52. The Morgan fingerprint density at radius 1 is 1.29 bits per heavy atom. The molecule has 4 heteroatoms. The van der Waals surface area contributed by atoms with E-state index >= 15 is 0 Å². The Kier molecular flexibility index (Phi) is 3.56. The number of hydrogen-bond donors (Lipinski definition) is 0. The van der Waals surface area contributed by atoms with E-state index in [1.54, 1.807) is 6.07 Å². The molecule has 0 unspecified atom stereocenters. The topological polar surface area (TPSA) is 58.5 Å². The van der Waals surface area contributed by atoms with Crippen LogP contribution >= 0.6 is 0 Å². The molecule has 1 aromatic carbocycles. The molecule has 0 radical (unpaired) electrons. The number of nitrogens with zero attached hydrogens (tertiary/aromatic N) is 2. The van der Waals surface area contributed by atoms with E-state index in [1.165, 1.54) is 12.5 Å². The highest BCUT2D eigenvalue weighted by atomic mass is 16.6. The van der Waals surface area contributed by atoms with Crippen molar-refractivity contribution in [2.45, 2.75) is 6.61 Å². The van der Waals surface area contributed by atoms with Crippen LogP contribution in [0, 0.1) is 11.3 Å². The van der Waals surface area contributed by atoms with Crippen molar-refractivity contribution in [2.75, 3.05) is 0 Å². The first-order valence-corrected chi connectivity index (χ1v) is 5.07. The molecule has 0 aliphatic rings. The maximum absolute atomic E-state index is 8.70. The van der Waals surface area contributed by atoms with Crippen LogP contribution in [-0.2, 0) is 11.4 Å². The fourth-order valence-electron chi connectivity index (χ4n) is 1.29. The van der Waals surface area contributed by atoms with Gasteiger partial charge in [-0.3, -0.25) is 0 Å². The summed E-state index contributed by atoms with van der Waals surface area (Å²) in [5, 5.41) is 12.5. The molecule has 0 spiro atoms. The molecule has 4 nitrogen and oxygen atoms in total. The van der Waals surface area contributed by atoms with Crippen LogP contribution in [0.4, 0.5) is 0 Å². The van der Waals surface area contributed by atoms with E-state index in [0.29, 0.717) is 12.2 Å². The predicted molar refractivity (Wildman–Crippen MR) is 62.2 cm³/mol. The Balaban J connectivity index is 1.89. The molecule has 0 amide bonds. The average molecular weight is 226 g/mol. The predicted octanol–water partition coefficient (Wildman–Crippen LogP) is 2.70. The minimum Gasteiger partial charge on any atom is -0.453 e. The normalized spacial score (nSPS) is 10.3. The summed E-state index contributed by atoms with van der Waals surface area (Å²) in [7, 11) is 0. The molecular formula is C13H10N2O2. The van der Waals surface area contributed by atoms with Gasteiger partial charge in [-0.15, -0.1) is 0 Å². The number of nitriles is 1. The first-order valence-electron chi connectivity index (χ1n) is 5.07. The summed E-state index contributed by atoms with van der Waals surface area (Å²) >= 11 is 0. The zero-order valence-corrected chi connectivity index (χ0v) is 9.04. The lowest BCUT2D eigenvalue weighted by Crippen LogP contribution is -1.88. The first-order chi connectivity index (χ1) is 8.40. The van der Waals surface area contributed by atoms with Crippen molar-refractivity contribution in [1.29, 1.82) is 5.26 Å². The Morgan fingerprint density at radius 3 is 2.88 bits per heavy atom. The molecule has 2 rings (SSSR count). The monoisotopic (exact) mass is 226 g/mol. The van der Waals surface area contributed by atoms with Gasteiger partial charge in [0, 0.05) is 0 Å². The van der Waals surface area contributed by atoms with Gasteiger partial charge in [-0.25, -0.2) is 0 Å². The smallest absolute Gasteiger partial charge is 0.212 e. The van der Waals surface area contributed by atoms with Gasteiger partial charge in [-0.2, -0.15) is 5.26 Å². The summed E-state index contributed by atoms with van der Waals surface area (Å²) in [5.74, 6) is 0.233. The molecule has 0 saturated carbocycles. The molecule has 1 heterocycles. The number of hydrogen-bond acceptors (Lipinski definition) is 4. The highest BCUT2D eigenvalue weighted by Gasteiger charge is 2.01. The Morgan fingerprint density at radius 2 is 2.12 bits per heavy atom. The summed E-state index contributed by atoms with van der Waals surface area (Å²) in [6, 6.07) is 13.3. The van der Waals surface area contributed by atoms with E-state index in [4.69, 9.17) is 14.5 Å². The van der Waals surface area contributed by atoms with Gasteiger partial charge in [-0.1, -0.05) is 35.5 Å². The number of oxime groups is 1. The summed E-state index contributed by atoms with van der Waals surface area (Å²) in [6.07, 6.45) is 2.90. The third-order valence-corrected chi connectivity index (χ3v) is 2.14. The average Bonchev–Trinajstić information content (AvgIpc) is 2.83. The molecule has 0 fully saturated rings. The zero-order chi connectivity index (χ0) is 11.9. The summed E-state index contributed by atoms with van der Waals surface area (Å²) in [4.78, 5) is 5.11. The number of rotatable bonds is 4. The van der Waals surface area contributed by atoms with E-state index in [-0.39, 0.29) is 5.76 Å². The van der Waals surface area contributed by atoms with Crippen LogP contribution < -0.4 is 0 Å². The second-order valence-electron chi connectivity index (χ2n) is 3.31. The molecule has 17 heavy (non-hydrogen) atoms. The van der Waals surface area contributed by atoms with E-state index in [2.05, 4.69) is 5.16 Å². The quantitative estimate of drug-likeness (QED) is 0.594. The SMILES string of the molecule is N#Cc1occc1C=NOCc1ccccc1. The van der Waals surface area contributed by atoms with Crippen molar-refractivity contribution < 1.29 is 9.25 Å². The van der Waals surface area contributed by atoms with Gasteiger partial charge in [0.2, 0.25) is 5.76 Å². The first kappa shape index (κ1) is 11.0.